The first-order valence-corrected chi connectivity index (χ1v) is 24.5. The number of pyridine rings is 2. The summed E-state index contributed by atoms with van der Waals surface area (Å²) in [7, 11) is 0. The Labute approximate surface area is 426 Å². The molecule has 2 unspecified atom stereocenters. The van der Waals surface area contributed by atoms with E-state index in [2.05, 4.69) is 48.0 Å². The molecule has 0 spiro atoms. The number of hydrogen-bond acceptors (Lipinski definition) is 13. The van der Waals surface area contributed by atoms with Crippen molar-refractivity contribution in [2.45, 2.75) is 134 Å². The predicted octanol–water partition coefficient (Wildman–Crippen LogP) is 0.739. The maximum Gasteiger partial charge on any atom is 1.00 e. The maximum absolute atomic E-state index is 13.8. The molecule has 0 amide bonds. The topological polar surface area (TPSA) is 185 Å². The zero-order valence-electron chi connectivity index (χ0n) is 40.8. The molecule has 2 atom stereocenters. The van der Waals surface area contributed by atoms with E-state index in [1.165, 1.54) is 69.9 Å². The van der Waals surface area contributed by atoms with Crippen LogP contribution in [-0.4, -0.2) is 104 Å². The minimum atomic E-state index is -0.963. The van der Waals surface area contributed by atoms with E-state index in [1.54, 1.807) is 24.4 Å². The van der Waals surface area contributed by atoms with Gasteiger partial charge in [-0.3, -0.25) is 0 Å². The number of carboxylic acid groups (broad SMARTS) is 1. The third-order valence-corrected chi connectivity index (χ3v) is 14.2. The number of aromatic nitrogens is 2. The molecule has 17 heteroatoms. The van der Waals surface area contributed by atoms with Gasteiger partial charge < -0.3 is 46.4 Å². The Hall–Kier alpha value is -3.44. The van der Waals surface area contributed by atoms with Crippen LogP contribution in [0.3, 0.4) is 0 Å². The quantitative estimate of drug-likeness (QED) is 0.0861. The standard InChI is InChI=1S/C25H35FN4O2.C25H37FN4.CO2.2Li.H2O/c26-20-7-6-18-8-11-29-25(22(18)16-20)30-14-9-21(10-15-30)27-12-13-28-23(17-24(31)32)19-4-2-1-3-5-19;1-2-24(20-6-4-3-5-7-20)28-15-14-27-22-11-16-30(17-12-22)25-23-18-21(26)9-8-19(23)10-13-29-25;2-1-3;;;/h6-8,11,16,19,21,23,27-28H,1-5,9-10,12-15,17H2,(H,31,32);8-10,13,18,20,22,24,27-28H,2-7,11-12,14-17H2,1H3;;;;1H2/q;;;2*+1;/p-2. The van der Waals surface area contributed by atoms with Crippen molar-refractivity contribution in [1.82, 2.24) is 31.2 Å². The van der Waals surface area contributed by atoms with Crippen molar-refractivity contribution in [2.24, 2.45) is 11.8 Å². The Morgan fingerprint density at radius 1 is 0.647 bits per heavy atom. The smallest absolute Gasteiger partial charge is 0.870 e. The van der Waals surface area contributed by atoms with Crippen LogP contribution in [0.2, 0.25) is 0 Å². The van der Waals surface area contributed by atoms with Crippen LogP contribution in [0, 0.1) is 23.5 Å². The van der Waals surface area contributed by atoms with Gasteiger partial charge in [-0.05, 0) is 117 Å². The second kappa shape index (κ2) is 31.7. The van der Waals surface area contributed by atoms with Gasteiger partial charge in [-0.2, -0.15) is 9.59 Å². The summed E-state index contributed by atoms with van der Waals surface area (Å²) in [5.41, 5.74) is 0. The number of carboxylic acids is 1. The number of aliphatic carboxylic acids is 1. The SMILES string of the molecule is CCC(NCCNC1CCN(c2nccc3ccc(F)cc23)CC1)C1CCCCC1.O=C([O-])CC(NCCNC1CCN(c2nccc3ccc(F)cc23)CC1)C1CCCCC1.O=C=O.[Li+].[Li+].[OH-]. The fourth-order valence-electron chi connectivity index (χ4n) is 10.7. The molecule has 2 saturated heterocycles. The summed E-state index contributed by atoms with van der Waals surface area (Å²) in [6.45, 7) is 9.68. The van der Waals surface area contributed by atoms with Crippen molar-refractivity contribution < 1.29 is 71.5 Å². The van der Waals surface area contributed by atoms with Gasteiger partial charge in [0.15, 0.2) is 0 Å². The zero-order valence-corrected chi connectivity index (χ0v) is 40.8. The largest absolute Gasteiger partial charge is 1.00 e. The van der Waals surface area contributed by atoms with E-state index in [9.17, 15) is 18.7 Å². The van der Waals surface area contributed by atoms with Gasteiger partial charge in [0, 0.05) is 112 Å². The molecule has 8 rings (SSSR count). The van der Waals surface area contributed by atoms with Crippen LogP contribution >= 0.6 is 0 Å². The number of rotatable bonds is 17. The Kier molecular flexibility index (Phi) is 27.5. The molecular weight excluding hydrogens is 856 g/mol. The number of benzene rings is 2. The Morgan fingerprint density at radius 3 is 1.44 bits per heavy atom. The Balaban J connectivity index is 0.000000327. The molecule has 0 bridgehead atoms. The van der Waals surface area contributed by atoms with Crippen molar-refractivity contribution in [1.29, 1.82) is 0 Å². The van der Waals surface area contributed by atoms with Crippen LogP contribution in [0.25, 0.3) is 21.5 Å². The summed E-state index contributed by atoms with van der Waals surface area (Å²) in [6.07, 6.45) is 22.4. The molecule has 362 valence electrons. The third kappa shape index (κ3) is 18.1. The van der Waals surface area contributed by atoms with E-state index >= 15 is 0 Å². The molecule has 0 radical (unpaired) electrons. The normalized spacial score (nSPS) is 18.0. The first kappa shape index (κ1) is 58.9. The fraction of sp³-hybridized carbons (Fsp3) is 0.608. The van der Waals surface area contributed by atoms with E-state index in [-0.39, 0.29) is 73.4 Å². The average Bonchev–Trinajstić information content (AvgIpc) is 3.33. The number of piperidine rings is 2. The molecule has 2 saturated carbocycles. The van der Waals surface area contributed by atoms with Crippen molar-refractivity contribution in [3.05, 3.63) is 72.6 Å². The number of carbonyl (C=O) groups is 1. The van der Waals surface area contributed by atoms with Gasteiger partial charge in [0.1, 0.15) is 23.3 Å². The van der Waals surface area contributed by atoms with E-state index in [1.807, 2.05) is 24.4 Å². The van der Waals surface area contributed by atoms with E-state index in [0.29, 0.717) is 24.0 Å². The summed E-state index contributed by atoms with van der Waals surface area (Å²) in [5.74, 6) is 1.72. The molecule has 4 aromatic rings. The molecule has 4 heterocycles. The predicted molar refractivity (Wildman–Crippen MR) is 253 cm³/mol. The number of halogens is 2. The fourth-order valence-corrected chi connectivity index (χ4v) is 10.7. The molecule has 4 fully saturated rings. The second-order valence-electron chi connectivity index (χ2n) is 18.4. The van der Waals surface area contributed by atoms with Crippen LogP contribution in [0.4, 0.5) is 20.4 Å². The van der Waals surface area contributed by atoms with Crippen LogP contribution in [-0.2, 0) is 14.4 Å². The van der Waals surface area contributed by atoms with Gasteiger partial charge >= 0.3 is 43.9 Å². The number of nitrogens with zero attached hydrogens (tertiary/aromatic N) is 4. The summed E-state index contributed by atoms with van der Waals surface area (Å²) in [4.78, 5) is 41.1. The van der Waals surface area contributed by atoms with E-state index in [0.717, 1.165) is 130 Å². The van der Waals surface area contributed by atoms with Crippen LogP contribution in [0.15, 0.2) is 60.9 Å². The number of carbonyl (C=O) groups excluding carboxylic acids is 3. The van der Waals surface area contributed by atoms with Crippen LogP contribution in [0.1, 0.15) is 110 Å². The van der Waals surface area contributed by atoms with Crippen LogP contribution < -0.4 is 73.9 Å². The third-order valence-electron chi connectivity index (χ3n) is 14.2. The van der Waals surface area contributed by atoms with Crippen molar-refractivity contribution >= 4 is 45.3 Å². The summed E-state index contributed by atoms with van der Waals surface area (Å²) in [5, 5.41) is 29.7. The average molecular weight is 929 g/mol. The summed E-state index contributed by atoms with van der Waals surface area (Å²) in [6, 6.07) is 15.4. The van der Waals surface area contributed by atoms with Gasteiger partial charge in [-0.15, -0.1) is 0 Å². The Bertz CT molecular complexity index is 2100. The first-order valence-electron chi connectivity index (χ1n) is 24.5. The molecule has 2 aliphatic heterocycles. The summed E-state index contributed by atoms with van der Waals surface area (Å²) >= 11 is 0. The van der Waals surface area contributed by atoms with Crippen molar-refractivity contribution in [3.63, 3.8) is 0 Å². The van der Waals surface area contributed by atoms with E-state index < -0.39 is 5.97 Å². The second-order valence-corrected chi connectivity index (χ2v) is 18.4. The van der Waals surface area contributed by atoms with Crippen molar-refractivity contribution in [2.75, 3.05) is 62.2 Å². The molecule has 5 N–H and O–H groups in total. The van der Waals surface area contributed by atoms with Crippen LogP contribution in [0.5, 0.6) is 0 Å². The van der Waals surface area contributed by atoms with Gasteiger partial charge in [-0.1, -0.05) is 57.6 Å². The molecule has 2 aliphatic carbocycles. The van der Waals surface area contributed by atoms with Crippen molar-refractivity contribution in [3.8, 4) is 0 Å². The molecular formula is C51H72F2Li2N8O5. The minimum absolute atomic E-state index is 0. The van der Waals surface area contributed by atoms with Gasteiger partial charge in [-0.25, -0.2) is 18.7 Å². The molecule has 13 nitrogen and oxygen atoms in total. The number of nitrogens with one attached hydrogen (secondary N) is 4. The molecule has 4 aliphatic rings. The zero-order chi connectivity index (χ0) is 45.8. The van der Waals surface area contributed by atoms with Gasteiger partial charge in [0.25, 0.3) is 0 Å². The Morgan fingerprint density at radius 2 is 1.04 bits per heavy atom. The number of hydrogen-bond donors (Lipinski definition) is 4. The van der Waals surface area contributed by atoms with Gasteiger partial charge in [0.2, 0.25) is 0 Å². The maximum atomic E-state index is 13.8. The molecule has 2 aromatic carbocycles. The summed E-state index contributed by atoms with van der Waals surface area (Å²) < 4.78 is 27.5. The molecule has 2 aromatic heterocycles. The van der Waals surface area contributed by atoms with E-state index in [4.69, 9.17) is 9.59 Å². The monoisotopic (exact) mass is 929 g/mol. The minimum Gasteiger partial charge on any atom is -0.870 e. The first-order chi connectivity index (χ1) is 31.8. The molecule has 68 heavy (non-hydrogen) atoms. The van der Waals surface area contributed by atoms with Gasteiger partial charge in [0.05, 0.1) is 0 Å². The number of fused-ring (bicyclic) bond motifs is 2. The number of anilines is 2.